The maximum Gasteiger partial charge on any atom is 0.284 e. The van der Waals surface area contributed by atoms with Crippen LogP contribution in [0.4, 0.5) is 8.78 Å². The topological polar surface area (TPSA) is 25.2 Å². The largest absolute Gasteiger partial charge is 0.464 e. The Kier molecular flexibility index (Phi) is 8.14. The molecule has 0 saturated heterocycles. The summed E-state index contributed by atoms with van der Waals surface area (Å²) in [4.78, 5) is 0. The van der Waals surface area contributed by atoms with Gasteiger partial charge >= 0.3 is 0 Å². The number of thioether (sulfide) groups is 1. The summed E-state index contributed by atoms with van der Waals surface area (Å²) in [6.45, 7) is 6.10. The molecule has 1 aromatic heterocycles. The maximum absolute atomic E-state index is 12.0. The van der Waals surface area contributed by atoms with E-state index in [0.29, 0.717) is 24.1 Å². The number of rotatable bonds is 10. The third-order valence-electron chi connectivity index (χ3n) is 2.75. The molecule has 1 heterocycles. The van der Waals surface area contributed by atoms with Gasteiger partial charge < -0.3 is 9.73 Å². The second kappa shape index (κ2) is 9.37. The van der Waals surface area contributed by atoms with E-state index in [4.69, 9.17) is 4.42 Å². The van der Waals surface area contributed by atoms with Gasteiger partial charge in [-0.2, -0.15) is 8.78 Å². The minimum Gasteiger partial charge on any atom is -0.464 e. The molecule has 0 bridgehead atoms. The molecule has 5 heteroatoms. The van der Waals surface area contributed by atoms with E-state index in [9.17, 15) is 8.78 Å². The molecule has 2 nitrogen and oxygen atoms in total. The molecule has 0 spiro atoms. The summed E-state index contributed by atoms with van der Waals surface area (Å²) in [5.41, 5.74) is 0. The van der Waals surface area contributed by atoms with Crippen molar-refractivity contribution in [3.8, 4) is 0 Å². The van der Waals surface area contributed by atoms with Gasteiger partial charge in [0.25, 0.3) is 5.76 Å². The lowest BCUT2D eigenvalue weighted by molar-refractivity contribution is 0.251. The van der Waals surface area contributed by atoms with Crippen LogP contribution in [0.1, 0.15) is 44.6 Å². The zero-order chi connectivity index (χ0) is 14.1. The standard InChI is InChI=1S/C14H23F2NOS/c1-11(2)5-3-4-8-17-9-12-6-7-13(18-12)10-19-14(15)16/h6-7,11,14,17H,3-5,8-10H2,1-2H3. The highest BCUT2D eigenvalue weighted by molar-refractivity contribution is 7.98. The predicted octanol–water partition coefficient (Wildman–Crippen LogP) is 4.65. The highest BCUT2D eigenvalue weighted by Crippen LogP contribution is 2.21. The van der Waals surface area contributed by atoms with E-state index in [-0.39, 0.29) is 5.75 Å². The fourth-order valence-electron chi connectivity index (χ4n) is 1.75. The Labute approximate surface area is 118 Å². The van der Waals surface area contributed by atoms with Gasteiger partial charge in [0.2, 0.25) is 0 Å². The molecule has 0 saturated carbocycles. The van der Waals surface area contributed by atoms with Crippen molar-refractivity contribution in [2.75, 3.05) is 6.54 Å². The molecule has 0 aromatic carbocycles. The van der Waals surface area contributed by atoms with Crippen molar-refractivity contribution in [3.05, 3.63) is 23.7 Å². The molecule has 1 rings (SSSR count). The van der Waals surface area contributed by atoms with Crippen LogP contribution in [0, 0.1) is 5.92 Å². The summed E-state index contributed by atoms with van der Waals surface area (Å²) in [5.74, 6) is 0.0784. The van der Waals surface area contributed by atoms with Crippen molar-refractivity contribution in [1.29, 1.82) is 0 Å². The number of furan rings is 1. The highest BCUT2D eigenvalue weighted by Gasteiger charge is 2.07. The quantitative estimate of drug-likeness (QED) is 0.635. The molecule has 0 aliphatic heterocycles. The van der Waals surface area contributed by atoms with Gasteiger partial charge in [0, 0.05) is 0 Å². The van der Waals surface area contributed by atoms with E-state index in [2.05, 4.69) is 19.2 Å². The van der Waals surface area contributed by atoms with Crippen LogP contribution in [-0.4, -0.2) is 12.3 Å². The van der Waals surface area contributed by atoms with Crippen LogP contribution in [-0.2, 0) is 12.3 Å². The van der Waals surface area contributed by atoms with Gasteiger partial charge in [0.15, 0.2) is 0 Å². The molecule has 19 heavy (non-hydrogen) atoms. The number of unbranched alkanes of at least 4 members (excludes halogenated alkanes) is 1. The molecule has 0 unspecified atom stereocenters. The lowest BCUT2D eigenvalue weighted by atomic mass is 10.1. The summed E-state index contributed by atoms with van der Waals surface area (Å²) in [6, 6.07) is 3.62. The number of hydrogen-bond acceptors (Lipinski definition) is 3. The SMILES string of the molecule is CC(C)CCCCNCc1ccc(CSC(F)F)o1. The molecular weight excluding hydrogens is 268 g/mol. The van der Waals surface area contributed by atoms with Crippen molar-refractivity contribution < 1.29 is 13.2 Å². The van der Waals surface area contributed by atoms with E-state index < -0.39 is 5.76 Å². The molecule has 0 fully saturated rings. The van der Waals surface area contributed by atoms with Crippen LogP contribution < -0.4 is 5.32 Å². The average Bonchev–Trinajstić information content (AvgIpc) is 2.78. The number of alkyl halides is 2. The van der Waals surface area contributed by atoms with Gasteiger partial charge in [-0.25, -0.2) is 0 Å². The van der Waals surface area contributed by atoms with Crippen molar-refractivity contribution in [1.82, 2.24) is 5.32 Å². The molecule has 1 aromatic rings. The molecule has 110 valence electrons. The number of hydrogen-bond donors (Lipinski definition) is 1. The third-order valence-corrected chi connectivity index (χ3v) is 3.46. The molecule has 0 radical (unpaired) electrons. The van der Waals surface area contributed by atoms with E-state index in [1.807, 2.05) is 6.07 Å². The summed E-state index contributed by atoms with van der Waals surface area (Å²) in [5, 5.41) is 3.30. The maximum atomic E-state index is 12.0. The molecule has 0 aliphatic carbocycles. The summed E-state index contributed by atoms with van der Waals surface area (Å²) in [6.07, 6.45) is 3.66. The minimum atomic E-state index is -2.34. The Bertz CT molecular complexity index is 342. The minimum absolute atomic E-state index is 0.228. The number of nitrogens with one attached hydrogen (secondary N) is 1. The Balaban J connectivity index is 2.09. The lowest BCUT2D eigenvalue weighted by Crippen LogP contribution is -2.14. The second-order valence-electron chi connectivity index (χ2n) is 5.01. The Morgan fingerprint density at radius 3 is 2.63 bits per heavy atom. The first-order chi connectivity index (χ1) is 9.08. The number of halogens is 2. The first-order valence-electron chi connectivity index (χ1n) is 6.76. The first kappa shape index (κ1) is 16.5. The van der Waals surface area contributed by atoms with E-state index >= 15 is 0 Å². The normalized spacial score (nSPS) is 11.7. The predicted molar refractivity (Wildman–Crippen MR) is 76.4 cm³/mol. The van der Waals surface area contributed by atoms with Crippen molar-refractivity contribution in [2.45, 2.75) is 51.2 Å². The van der Waals surface area contributed by atoms with E-state index in [0.717, 1.165) is 24.6 Å². The monoisotopic (exact) mass is 291 g/mol. The lowest BCUT2D eigenvalue weighted by Gasteiger charge is -2.05. The molecule has 0 amide bonds. The molecule has 1 N–H and O–H groups in total. The van der Waals surface area contributed by atoms with Gasteiger partial charge in [-0.05, 0) is 31.0 Å². The van der Waals surface area contributed by atoms with E-state index in [1.165, 1.54) is 12.8 Å². The first-order valence-corrected chi connectivity index (χ1v) is 7.81. The van der Waals surface area contributed by atoms with Crippen molar-refractivity contribution >= 4 is 11.8 Å². The fraction of sp³-hybridized carbons (Fsp3) is 0.714. The third kappa shape index (κ3) is 8.26. The summed E-state index contributed by atoms with van der Waals surface area (Å²) in [7, 11) is 0. The highest BCUT2D eigenvalue weighted by atomic mass is 32.2. The second-order valence-corrected chi connectivity index (χ2v) is 5.98. The zero-order valence-corrected chi connectivity index (χ0v) is 12.4. The van der Waals surface area contributed by atoms with Crippen LogP contribution >= 0.6 is 11.8 Å². The van der Waals surface area contributed by atoms with Gasteiger partial charge in [-0.1, -0.05) is 38.5 Å². The smallest absolute Gasteiger partial charge is 0.284 e. The van der Waals surface area contributed by atoms with Gasteiger partial charge in [-0.15, -0.1) is 0 Å². The Morgan fingerprint density at radius 2 is 1.95 bits per heavy atom. The van der Waals surface area contributed by atoms with Gasteiger partial charge in [0.1, 0.15) is 11.5 Å². The van der Waals surface area contributed by atoms with Crippen LogP contribution in [0.15, 0.2) is 16.5 Å². The summed E-state index contributed by atoms with van der Waals surface area (Å²) < 4.78 is 29.5. The van der Waals surface area contributed by atoms with Crippen molar-refractivity contribution in [2.24, 2.45) is 5.92 Å². The molecule has 0 atom stereocenters. The van der Waals surface area contributed by atoms with Crippen molar-refractivity contribution in [3.63, 3.8) is 0 Å². The average molecular weight is 291 g/mol. The van der Waals surface area contributed by atoms with Gasteiger partial charge in [0.05, 0.1) is 12.3 Å². The Morgan fingerprint density at radius 1 is 1.21 bits per heavy atom. The van der Waals surface area contributed by atoms with E-state index in [1.54, 1.807) is 6.07 Å². The zero-order valence-electron chi connectivity index (χ0n) is 11.6. The summed E-state index contributed by atoms with van der Waals surface area (Å²) >= 11 is 0.588. The van der Waals surface area contributed by atoms with Crippen LogP contribution in [0.5, 0.6) is 0 Å². The van der Waals surface area contributed by atoms with Crippen LogP contribution in [0.25, 0.3) is 0 Å². The van der Waals surface area contributed by atoms with Crippen LogP contribution in [0.3, 0.4) is 0 Å². The molecular formula is C14H23F2NOS. The van der Waals surface area contributed by atoms with Gasteiger partial charge in [-0.3, -0.25) is 0 Å². The fourth-order valence-corrected chi connectivity index (χ4v) is 2.20. The Hall–Kier alpha value is -0.550. The molecule has 0 aliphatic rings. The van der Waals surface area contributed by atoms with Crippen LogP contribution in [0.2, 0.25) is 0 Å².